The van der Waals surface area contributed by atoms with Crippen LogP contribution in [-0.2, 0) is 39.8 Å². The number of ether oxygens (including phenoxy) is 6. The summed E-state index contributed by atoms with van der Waals surface area (Å²) in [5.41, 5.74) is 1.21. The molecule has 0 unspecified atom stereocenters. The molecule has 2 saturated heterocycles. The van der Waals surface area contributed by atoms with Crippen LogP contribution in [-0.4, -0.2) is 50.4 Å². The van der Waals surface area contributed by atoms with Gasteiger partial charge in [-0.15, -0.1) is 0 Å². The van der Waals surface area contributed by atoms with Gasteiger partial charge in [0.25, 0.3) is 0 Å². The second kappa shape index (κ2) is 10.3. The van der Waals surface area contributed by atoms with Crippen molar-refractivity contribution in [1.82, 2.24) is 0 Å². The molecular formula is C26H32O7. The van der Waals surface area contributed by atoms with E-state index in [-0.39, 0.29) is 5.97 Å². The monoisotopic (exact) mass is 456 g/mol. The molecule has 0 spiro atoms. The van der Waals surface area contributed by atoms with E-state index in [1.54, 1.807) is 20.8 Å². The van der Waals surface area contributed by atoms with Crippen LogP contribution in [0.2, 0.25) is 0 Å². The Bertz CT molecular complexity index is 896. The Hall–Kier alpha value is -2.29. The van der Waals surface area contributed by atoms with Gasteiger partial charge in [-0.2, -0.15) is 0 Å². The molecule has 2 aromatic rings. The van der Waals surface area contributed by atoms with Crippen LogP contribution in [0.5, 0.6) is 0 Å². The highest BCUT2D eigenvalue weighted by atomic mass is 16.8. The van der Waals surface area contributed by atoms with Crippen LogP contribution >= 0.6 is 0 Å². The summed E-state index contributed by atoms with van der Waals surface area (Å²) in [6.07, 6.45) is -3.75. The maximum Gasteiger partial charge on any atom is 0.311 e. The number of esters is 1. The fourth-order valence-electron chi connectivity index (χ4n) is 3.90. The van der Waals surface area contributed by atoms with Crippen LogP contribution < -0.4 is 0 Å². The Balaban J connectivity index is 1.61. The molecule has 7 heteroatoms. The summed E-state index contributed by atoms with van der Waals surface area (Å²) in [7, 11) is 1.52. The van der Waals surface area contributed by atoms with Gasteiger partial charge in [-0.3, -0.25) is 4.79 Å². The quantitative estimate of drug-likeness (QED) is 0.608. The van der Waals surface area contributed by atoms with Crippen molar-refractivity contribution in [3.05, 3.63) is 71.8 Å². The van der Waals surface area contributed by atoms with Gasteiger partial charge >= 0.3 is 5.97 Å². The van der Waals surface area contributed by atoms with Crippen molar-refractivity contribution in [1.29, 1.82) is 0 Å². The lowest BCUT2D eigenvalue weighted by atomic mass is 9.95. The maximum atomic E-state index is 12.8. The van der Waals surface area contributed by atoms with E-state index in [0.29, 0.717) is 13.2 Å². The number of benzene rings is 2. The van der Waals surface area contributed by atoms with Gasteiger partial charge in [0.2, 0.25) is 0 Å². The molecule has 0 aromatic heterocycles. The summed E-state index contributed by atoms with van der Waals surface area (Å²) in [4.78, 5) is 12.8. The molecule has 2 heterocycles. The first kappa shape index (κ1) is 23.9. The van der Waals surface area contributed by atoms with Crippen LogP contribution in [0, 0.1) is 5.41 Å². The molecule has 0 saturated carbocycles. The lowest BCUT2D eigenvalue weighted by molar-refractivity contribution is -0.365. The largest absolute Gasteiger partial charge is 0.454 e. The lowest BCUT2D eigenvalue weighted by Crippen LogP contribution is -2.64. The van der Waals surface area contributed by atoms with Crippen molar-refractivity contribution in [3.8, 4) is 0 Å². The number of carbonyl (C=O) groups is 1. The Labute approximate surface area is 194 Å². The van der Waals surface area contributed by atoms with E-state index in [4.69, 9.17) is 28.4 Å². The van der Waals surface area contributed by atoms with Crippen LogP contribution in [0.1, 0.15) is 38.2 Å². The van der Waals surface area contributed by atoms with E-state index in [2.05, 4.69) is 0 Å². The van der Waals surface area contributed by atoms with Crippen LogP contribution in [0.25, 0.3) is 0 Å². The third kappa shape index (κ3) is 5.62. The number of methoxy groups -OCH3 is 1. The zero-order chi connectivity index (χ0) is 23.4. The van der Waals surface area contributed by atoms with E-state index in [9.17, 15) is 4.79 Å². The van der Waals surface area contributed by atoms with Gasteiger partial charge in [0, 0.05) is 12.7 Å². The van der Waals surface area contributed by atoms with Crippen molar-refractivity contribution in [2.75, 3.05) is 13.7 Å². The minimum atomic E-state index is -0.807. The van der Waals surface area contributed by atoms with Crippen LogP contribution in [0.15, 0.2) is 60.7 Å². The van der Waals surface area contributed by atoms with Crippen molar-refractivity contribution in [2.24, 2.45) is 5.41 Å². The van der Waals surface area contributed by atoms with E-state index < -0.39 is 42.4 Å². The fraction of sp³-hybridized carbons (Fsp3) is 0.500. The zero-order valence-electron chi connectivity index (χ0n) is 19.5. The Morgan fingerprint density at radius 3 is 2.27 bits per heavy atom. The number of fused-ring (bicyclic) bond motifs is 1. The first-order valence-electron chi connectivity index (χ1n) is 11.2. The average Bonchev–Trinajstić information content (AvgIpc) is 2.83. The van der Waals surface area contributed by atoms with Gasteiger partial charge in [-0.25, -0.2) is 0 Å². The zero-order valence-corrected chi connectivity index (χ0v) is 19.5. The molecule has 2 aliphatic heterocycles. The molecule has 0 N–H and O–H groups in total. The second-order valence-electron chi connectivity index (χ2n) is 9.34. The molecule has 0 radical (unpaired) electrons. The summed E-state index contributed by atoms with van der Waals surface area (Å²) in [5.74, 6) is -0.364. The number of carbonyl (C=O) groups excluding carboxylic acids is 1. The summed E-state index contributed by atoms with van der Waals surface area (Å²) in [6.45, 7) is 6.05. The topological polar surface area (TPSA) is 72.5 Å². The molecule has 0 amide bonds. The molecule has 6 atom stereocenters. The molecule has 0 bridgehead atoms. The summed E-state index contributed by atoms with van der Waals surface area (Å²) in [5, 5.41) is 0. The van der Waals surface area contributed by atoms with E-state index in [1.807, 2.05) is 60.7 Å². The number of rotatable bonds is 6. The predicted molar refractivity (Wildman–Crippen MR) is 120 cm³/mol. The predicted octanol–water partition coefficient (Wildman–Crippen LogP) is 4.02. The van der Waals surface area contributed by atoms with E-state index >= 15 is 0 Å². The van der Waals surface area contributed by atoms with E-state index in [0.717, 1.165) is 11.1 Å². The third-order valence-corrected chi connectivity index (χ3v) is 5.73. The average molecular weight is 457 g/mol. The highest BCUT2D eigenvalue weighted by Crippen LogP contribution is 2.37. The minimum Gasteiger partial charge on any atom is -0.454 e. The molecule has 33 heavy (non-hydrogen) atoms. The Kier molecular flexibility index (Phi) is 7.46. The van der Waals surface area contributed by atoms with Gasteiger partial charge < -0.3 is 28.4 Å². The van der Waals surface area contributed by atoms with Crippen molar-refractivity contribution < 1.29 is 33.2 Å². The van der Waals surface area contributed by atoms with E-state index in [1.165, 1.54) is 7.11 Å². The first-order valence-corrected chi connectivity index (χ1v) is 11.2. The highest BCUT2D eigenvalue weighted by Gasteiger charge is 2.53. The standard InChI is InChI=1S/C26H32O7/c1-26(2,3)25(27)33-22-21(29-15-17-11-7-5-8-12-17)20-19(31-24(22)28-4)16-30-23(32-20)18-13-9-6-10-14-18/h5-14,19-24H,15-16H2,1-4H3/t19-,20-,21+,22-,23-,24+/m1/s1. The summed E-state index contributed by atoms with van der Waals surface area (Å²) >= 11 is 0. The molecule has 0 aliphatic carbocycles. The van der Waals surface area contributed by atoms with Gasteiger partial charge in [0.15, 0.2) is 18.7 Å². The SMILES string of the molecule is CO[C@H]1O[C@@H]2CO[C@@H](c3ccccc3)O[C@H]2[C@H](OCc2ccccc2)[C@H]1OC(=O)C(C)(C)C. The van der Waals surface area contributed by atoms with Crippen molar-refractivity contribution in [2.45, 2.75) is 64.4 Å². The Morgan fingerprint density at radius 2 is 1.64 bits per heavy atom. The molecule has 2 aromatic carbocycles. The molecule has 4 rings (SSSR count). The number of hydrogen-bond donors (Lipinski definition) is 0. The molecular weight excluding hydrogens is 424 g/mol. The number of hydrogen-bond acceptors (Lipinski definition) is 7. The second-order valence-corrected chi connectivity index (χ2v) is 9.34. The van der Waals surface area contributed by atoms with Crippen molar-refractivity contribution >= 4 is 5.97 Å². The summed E-state index contributed by atoms with van der Waals surface area (Å²) < 4.78 is 36.2. The summed E-state index contributed by atoms with van der Waals surface area (Å²) in [6, 6.07) is 19.5. The molecule has 2 aliphatic rings. The fourth-order valence-corrected chi connectivity index (χ4v) is 3.90. The minimum absolute atomic E-state index is 0.301. The van der Waals surface area contributed by atoms with Gasteiger partial charge in [0.1, 0.15) is 18.3 Å². The first-order chi connectivity index (χ1) is 15.9. The normalized spacial score (nSPS) is 29.8. The van der Waals surface area contributed by atoms with Crippen LogP contribution in [0.4, 0.5) is 0 Å². The highest BCUT2D eigenvalue weighted by molar-refractivity contribution is 5.75. The smallest absolute Gasteiger partial charge is 0.311 e. The van der Waals surface area contributed by atoms with Gasteiger partial charge in [-0.1, -0.05) is 60.7 Å². The van der Waals surface area contributed by atoms with Gasteiger partial charge in [-0.05, 0) is 26.3 Å². The van der Waals surface area contributed by atoms with Gasteiger partial charge in [0.05, 0.1) is 18.6 Å². The third-order valence-electron chi connectivity index (χ3n) is 5.73. The lowest BCUT2D eigenvalue weighted by Gasteiger charge is -2.48. The van der Waals surface area contributed by atoms with Crippen LogP contribution in [0.3, 0.4) is 0 Å². The molecule has 2 fully saturated rings. The van der Waals surface area contributed by atoms with Crippen molar-refractivity contribution in [3.63, 3.8) is 0 Å². The maximum absolute atomic E-state index is 12.8. The Morgan fingerprint density at radius 1 is 0.970 bits per heavy atom. The molecule has 7 nitrogen and oxygen atoms in total. The molecule has 178 valence electrons.